The van der Waals surface area contributed by atoms with E-state index in [9.17, 15) is 8.42 Å². The van der Waals surface area contributed by atoms with Gasteiger partial charge >= 0.3 is 10.1 Å². The maximum Gasteiger partial charge on any atom is 0.307 e. The van der Waals surface area contributed by atoms with Crippen LogP contribution in [0.3, 0.4) is 0 Å². The average molecular weight is 270 g/mol. The first-order valence-electron chi connectivity index (χ1n) is 4.74. The van der Waals surface area contributed by atoms with Gasteiger partial charge in [-0.1, -0.05) is 6.07 Å². The Morgan fingerprint density at radius 3 is 2.71 bits per heavy atom. The predicted octanol–water partition coefficient (Wildman–Crippen LogP) is 1.85. The second kappa shape index (κ2) is 4.42. The third-order valence-electron chi connectivity index (χ3n) is 1.87. The standard InChI is InChI=1S/C10H10N2O3S2/c1-7-9(15-17(2,13)14)12-10(16-7)8-5-3-4-6-11-8/h3-6H,1-2H3. The van der Waals surface area contributed by atoms with E-state index in [0.29, 0.717) is 15.6 Å². The van der Waals surface area contributed by atoms with Gasteiger partial charge in [-0.2, -0.15) is 13.4 Å². The quantitative estimate of drug-likeness (QED) is 0.796. The number of hydrogen-bond acceptors (Lipinski definition) is 6. The molecule has 7 heteroatoms. The van der Waals surface area contributed by atoms with Crippen LogP contribution in [-0.2, 0) is 10.1 Å². The Balaban J connectivity index is 2.38. The monoisotopic (exact) mass is 270 g/mol. The molecule has 0 N–H and O–H groups in total. The zero-order chi connectivity index (χ0) is 12.5. The predicted molar refractivity (Wildman–Crippen MR) is 65.6 cm³/mol. The summed E-state index contributed by atoms with van der Waals surface area (Å²) in [6, 6.07) is 5.45. The van der Waals surface area contributed by atoms with Crippen LogP contribution in [0.1, 0.15) is 4.88 Å². The molecule has 0 unspecified atom stereocenters. The molecule has 17 heavy (non-hydrogen) atoms. The Labute approximate surface area is 103 Å². The molecule has 0 bridgehead atoms. The van der Waals surface area contributed by atoms with Crippen molar-refractivity contribution >= 4 is 21.5 Å². The molecule has 0 saturated carbocycles. The molecule has 90 valence electrons. The highest BCUT2D eigenvalue weighted by molar-refractivity contribution is 7.86. The van der Waals surface area contributed by atoms with Crippen LogP contribution < -0.4 is 4.18 Å². The summed E-state index contributed by atoms with van der Waals surface area (Å²) in [6.45, 7) is 1.75. The number of thiazole rings is 1. The maximum absolute atomic E-state index is 11.0. The Hall–Kier alpha value is -1.47. The van der Waals surface area contributed by atoms with Crippen molar-refractivity contribution in [1.29, 1.82) is 0 Å². The normalized spacial score (nSPS) is 11.4. The maximum atomic E-state index is 11.0. The topological polar surface area (TPSA) is 69.2 Å². The SMILES string of the molecule is Cc1sc(-c2ccccn2)nc1OS(C)(=O)=O. The lowest BCUT2D eigenvalue weighted by Gasteiger charge is -1.98. The van der Waals surface area contributed by atoms with Crippen molar-refractivity contribution in [1.82, 2.24) is 9.97 Å². The van der Waals surface area contributed by atoms with Gasteiger partial charge in [0, 0.05) is 6.20 Å². The molecule has 0 fully saturated rings. The van der Waals surface area contributed by atoms with Gasteiger partial charge in [0.1, 0.15) is 5.01 Å². The van der Waals surface area contributed by atoms with E-state index in [2.05, 4.69) is 9.97 Å². The van der Waals surface area contributed by atoms with E-state index in [4.69, 9.17) is 4.18 Å². The van der Waals surface area contributed by atoms with Gasteiger partial charge in [0.25, 0.3) is 0 Å². The first kappa shape index (κ1) is 12.0. The van der Waals surface area contributed by atoms with Crippen molar-refractivity contribution in [3.8, 4) is 16.6 Å². The van der Waals surface area contributed by atoms with E-state index >= 15 is 0 Å². The second-order valence-electron chi connectivity index (χ2n) is 3.38. The minimum Gasteiger partial charge on any atom is -0.361 e. The van der Waals surface area contributed by atoms with Crippen LogP contribution in [0.5, 0.6) is 5.88 Å². The van der Waals surface area contributed by atoms with Crippen molar-refractivity contribution in [3.05, 3.63) is 29.3 Å². The highest BCUT2D eigenvalue weighted by Gasteiger charge is 2.15. The van der Waals surface area contributed by atoms with E-state index in [1.807, 2.05) is 12.1 Å². The summed E-state index contributed by atoms with van der Waals surface area (Å²) in [6.07, 6.45) is 2.65. The highest BCUT2D eigenvalue weighted by atomic mass is 32.2. The first-order valence-corrected chi connectivity index (χ1v) is 7.37. The van der Waals surface area contributed by atoms with Gasteiger partial charge in [0.05, 0.1) is 16.8 Å². The van der Waals surface area contributed by atoms with Crippen molar-refractivity contribution < 1.29 is 12.6 Å². The van der Waals surface area contributed by atoms with Crippen molar-refractivity contribution in [2.45, 2.75) is 6.92 Å². The molecule has 0 atom stereocenters. The molecule has 0 aliphatic rings. The summed E-state index contributed by atoms with van der Waals surface area (Å²) in [4.78, 5) is 8.97. The first-order chi connectivity index (χ1) is 7.96. The van der Waals surface area contributed by atoms with Crippen molar-refractivity contribution in [3.63, 3.8) is 0 Å². The fourth-order valence-corrected chi connectivity index (χ4v) is 2.52. The highest BCUT2D eigenvalue weighted by Crippen LogP contribution is 2.31. The van der Waals surface area contributed by atoms with Crippen molar-refractivity contribution in [2.24, 2.45) is 0 Å². The van der Waals surface area contributed by atoms with Crippen LogP contribution in [0, 0.1) is 6.92 Å². The second-order valence-corrected chi connectivity index (χ2v) is 6.16. The van der Waals surface area contributed by atoms with E-state index in [1.54, 1.807) is 19.2 Å². The van der Waals surface area contributed by atoms with Gasteiger partial charge in [0.2, 0.25) is 5.88 Å². The van der Waals surface area contributed by atoms with E-state index < -0.39 is 10.1 Å². The number of aryl methyl sites for hydroxylation is 1. The van der Waals surface area contributed by atoms with Crippen LogP contribution in [0.2, 0.25) is 0 Å². The van der Waals surface area contributed by atoms with Crippen LogP contribution in [-0.4, -0.2) is 24.6 Å². The number of hydrogen-bond donors (Lipinski definition) is 0. The molecule has 2 heterocycles. The van der Waals surface area contributed by atoms with Crippen molar-refractivity contribution in [2.75, 3.05) is 6.26 Å². The number of nitrogens with zero attached hydrogens (tertiary/aromatic N) is 2. The third-order valence-corrected chi connectivity index (χ3v) is 3.30. The number of aromatic nitrogens is 2. The van der Waals surface area contributed by atoms with Crippen LogP contribution in [0.25, 0.3) is 10.7 Å². The van der Waals surface area contributed by atoms with Gasteiger partial charge in [-0.3, -0.25) is 4.98 Å². The Morgan fingerprint density at radius 1 is 1.35 bits per heavy atom. The molecule has 0 aliphatic carbocycles. The summed E-state index contributed by atoms with van der Waals surface area (Å²) in [5.41, 5.74) is 0.698. The minimum atomic E-state index is -3.54. The number of pyridine rings is 1. The lowest BCUT2D eigenvalue weighted by Crippen LogP contribution is -2.06. The molecule has 2 aromatic rings. The van der Waals surface area contributed by atoms with Gasteiger partial charge in [-0.25, -0.2) is 0 Å². The number of rotatable bonds is 3. The van der Waals surface area contributed by atoms with Gasteiger partial charge < -0.3 is 4.18 Å². The zero-order valence-electron chi connectivity index (χ0n) is 9.25. The fraction of sp³-hybridized carbons (Fsp3) is 0.200. The van der Waals surface area contributed by atoms with E-state index in [-0.39, 0.29) is 5.88 Å². The molecule has 0 saturated heterocycles. The van der Waals surface area contributed by atoms with Gasteiger partial charge in [0.15, 0.2) is 0 Å². The zero-order valence-corrected chi connectivity index (χ0v) is 10.9. The third kappa shape index (κ3) is 3.01. The van der Waals surface area contributed by atoms with Crippen LogP contribution in [0.15, 0.2) is 24.4 Å². The smallest absolute Gasteiger partial charge is 0.307 e. The molecule has 0 spiro atoms. The Kier molecular flexibility index (Phi) is 3.12. The van der Waals surface area contributed by atoms with E-state index in [1.165, 1.54) is 11.3 Å². The average Bonchev–Trinajstić information content (AvgIpc) is 2.59. The molecule has 2 aromatic heterocycles. The molecule has 2 rings (SSSR count). The van der Waals surface area contributed by atoms with Crippen LogP contribution in [0.4, 0.5) is 0 Å². The molecule has 0 radical (unpaired) electrons. The summed E-state index contributed by atoms with van der Waals surface area (Å²) in [7, 11) is -3.54. The molecule has 0 aliphatic heterocycles. The lowest BCUT2D eigenvalue weighted by molar-refractivity contribution is 0.483. The largest absolute Gasteiger partial charge is 0.361 e. The Morgan fingerprint density at radius 2 is 2.12 bits per heavy atom. The summed E-state index contributed by atoms with van der Waals surface area (Å²) in [5, 5.41) is 0.641. The van der Waals surface area contributed by atoms with Gasteiger partial charge in [-0.15, -0.1) is 11.3 Å². The van der Waals surface area contributed by atoms with Crippen LogP contribution >= 0.6 is 11.3 Å². The lowest BCUT2D eigenvalue weighted by atomic mass is 10.4. The summed E-state index contributed by atoms with van der Waals surface area (Å²) >= 11 is 1.35. The molecular formula is C10H10N2O3S2. The molecular weight excluding hydrogens is 260 g/mol. The van der Waals surface area contributed by atoms with Gasteiger partial charge in [-0.05, 0) is 19.1 Å². The summed E-state index contributed by atoms with van der Waals surface area (Å²) < 4.78 is 26.8. The van der Waals surface area contributed by atoms with E-state index in [0.717, 1.165) is 6.26 Å². The molecule has 0 amide bonds. The molecule has 0 aromatic carbocycles. The fourth-order valence-electron chi connectivity index (χ4n) is 1.20. The summed E-state index contributed by atoms with van der Waals surface area (Å²) in [5.74, 6) is 0.123. The minimum absolute atomic E-state index is 0.123. The molecule has 5 nitrogen and oxygen atoms in total. The Bertz CT molecular complexity index is 620.